The van der Waals surface area contributed by atoms with Gasteiger partial charge in [-0.1, -0.05) is 6.07 Å². The normalized spacial score (nSPS) is 14.1. The van der Waals surface area contributed by atoms with Gasteiger partial charge in [0, 0.05) is 10.6 Å². The van der Waals surface area contributed by atoms with Crippen molar-refractivity contribution in [1.82, 2.24) is 0 Å². The van der Waals surface area contributed by atoms with Crippen molar-refractivity contribution in [2.24, 2.45) is 15.9 Å². The number of sulfonamides is 1. The molecule has 130 valence electrons. The van der Waals surface area contributed by atoms with Gasteiger partial charge < -0.3 is 11.1 Å². The lowest BCUT2D eigenvalue weighted by molar-refractivity contribution is 0.600. The van der Waals surface area contributed by atoms with E-state index in [0.29, 0.717) is 12.5 Å². The van der Waals surface area contributed by atoms with E-state index in [4.69, 9.17) is 10.9 Å². The highest BCUT2D eigenvalue weighted by molar-refractivity contribution is 14.0. The number of hydrogen-bond acceptors (Lipinski definition) is 4. The molecule has 0 spiro atoms. The molecule has 0 atom stereocenters. The fourth-order valence-corrected chi connectivity index (χ4v) is 4.30. The number of guanidine groups is 1. The van der Waals surface area contributed by atoms with E-state index in [1.807, 2.05) is 6.07 Å². The fraction of sp³-hybridized carbons (Fsp3) is 0.267. The molecule has 0 fully saturated rings. The SMILES string of the molecule is I.NC(=NCc1ccc(S(N)(=O)=O)s1)Nc1ccc2c(c1)CCC2. The molecule has 2 aromatic rings. The Kier molecular flexibility index (Phi) is 6.23. The van der Waals surface area contributed by atoms with Crippen LogP contribution in [0.5, 0.6) is 0 Å². The minimum atomic E-state index is -3.65. The Morgan fingerprint density at radius 3 is 2.67 bits per heavy atom. The molecule has 0 saturated heterocycles. The molecule has 0 unspecified atom stereocenters. The van der Waals surface area contributed by atoms with E-state index in [1.165, 1.54) is 23.6 Å². The van der Waals surface area contributed by atoms with E-state index in [9.17, 15) is 8.42 Å². The lowest BCUT2D eigenvalue weighted by Gasteiger charge is -2.07. The Labute approximate surface area is 162 Å². The summed E-state index contributed by atoms with van der Waals surface area (Å²) in [6.07, 6.45) is 3.45. The van der Waals surface area contributed by atoms with Gasteiger partial charge in [-0.05, 0) is 54.7 Å². The number of anilines is 1. The van der Waals surface area contributed by atoms with Crippen LogP contribution in [-0.4, -0.2) is 14.4 Å². The number of primary sulfonamides is 1. The van der Waals surface area contributed by atoms with Crippen molar-refractivity contribution in [3.05, 3.63) is 46.3 Å². The van der Waals surface area contributed by atoms with Crippen LogP contribution in [0.15, 0.2) is 39.5 Å². The van der Waals surface area contributed by atoms with Crippen molar-refractivity contribution in [1.29, 1.82) is 0 Å². The summed E-state index contributed by atoms with van der Waals surface area (Å²) in [6.45, 7) is 0.309. The summed E-state index contributed by atoms with van der Waals surface area (Å²) < 4.78 is 22.6. The minimum Gasteiger partial charge on any atom is -0.370 e. The van der Waals surface area contributed by atoms with Crippen LogP contribution in [0, 0.1) is 0 Å². The maximum absolute atomic E-state index is 11.2. The van der Waals surface area contributed by atoms with Gasteiger partial charge in [0.1, 0.15) is 4.21 Å². The molecular formula is C15H19IN4O2S2. The highest BCUT2D eigenvalue weighted by atomic mass is 127. The second kappa shape index (κ2) is 7.81. The zero-order valence-corrected chi connectivity index (χ0v) is 16.8. The molecule has 1 aliphatic carbocycles. The molecule has 0 amide bonds. The minimum absolute atomic E-state index is 0. The maximum atomic E-state index is 11.2. The van der Waals surface area contributed by atoms with Gasteiger partial charge in [-0.25, -0.2) is 18.5 Å². The van der Waals surface area contributed by atoms with Gasteiger partial charge in [0.25, 0.3) is 0 Å². The molecule has 5 N–H and O–H groups in total. The second-order valence-electron chi connectivity index (χ2n) is 5.43. The molecule has 0 bridgehead atoms. The standard InChI is InChI=1S/C15H18N4O2S2.HI/c16-15(18-9-13-6-7-14(22-13)23(17,20)21)19-12-5-4-10-2-1-3-11(10)8-12;/h4-8H,1-3,9H2,(H3,16,18,19)(H2,17,20,21);1H. The first-order valence-corrected chi connectivity index (χ1v) is 9.58. The van der Waals surface area contributed by atoms with Gasteiger partial charge in [-0.3, -0.25) is 0 Å². The Morgan fingerprint density at radius 1 is 1.21 bits per heavy atom. The molecular weight excluding hydrogens is 459 g/mol. The van der Waals surface area contributed by atoms with Crippen LogP contribution in [0.2, 0.25) is 0 Å². The zero-order valence-electron chi connectivity index (χ0n) is 12.9. The molecule has 24 heavy (non-hydrogen) atoms. The van der Waals surface area contributed by atoms with E-state index < -0.39 is 10.0 Å². The van der Waals surface area contributed by atoms with E-state index in [2.05, 4.69) is 22.4 Å². The van der Waals surface area contributed by atoms with Crippen LogP contribution in [-0.2, 0) is 29.4 Å². The third-order valence-electron chi connectivity index (χ3n) is 3.69. The van der Waals surface area contributed by atoms with Crippen LogP contribution in [0.4, 0.5) is 5.69 Å². The fourth-order valence-electron chi connectivity index (χ4n) is 2.60. The molecule has 1 aliphatic rings. The first-order valence-electron chi connectivity index (χ1n) is 7.22. The third kappa shape index (κ3) is 4.68. The number of halogens is 1. The molecule has 9 heteroatoms. The van der Waals surface area contributed by atoms with Crippen molar-refractivity contribution in [2.75, 3.05) is 5.32 Å². The van der Waals surface area contributed by atoms with Gasteiger partial charge in [-0.15, -0.1) is 35.3 Å². The monoisotopic (exact) mass is 478 g/mol. The number of nitrogens with two attached hydrogens (primary N) is 2. The number of thiophene rings is 1. The van der Waals surface area contributed by atoms with Crippen molar-refractivity contribution in [3.63, 3.8) is 0 Å². The number of aliphatic imine (C=N–C) groups is 1. The number of hydrogen-bond donors (Lipinski definition) is 3. The smallest absolute Gasteiger partial charge is 0.247 e. The molecule has 3 rings (SSSR count). The van der Waals surface area contributed by atoms with Gasteiger partial charge in [0.2, 0.25) is 10.0 Å². The summed E-state index contributed by atoms with van der Waals surface area (Å²) in [4.78, 5) is 5.02. The van der Waals surface area contributed by atoms with Crippen molar-refractivity contribution in [2.45, 2.75) is 30.0 Å². The molecule has 1 aromatic heterocycles. The van der Waals surface area contributed by atoms with Gasteiger partial charge >= 0.3 is 0 Å². The zero-order chi connectivity index (χ0) is 16.4. The highest BCUT2D eigenvalue weighted by Crippen LogP contribution is 2.25. The average molecular weight is 478 g/mol. The van der Waals surface area contributed by atoms with E-state index in [-0.39, 0.29) is 28.2 Å². The molecule has 1 aromatic carbocycles. The Bertz CT molecular complexity index is 862. The first kappa shape index (κ1) is 19.2. The maximum Gasteiger partial charge on any atom is 0.247 e. The Morgan fingerprint density at radius 2 is 1.96 bits per heavy atom. The molecule has 0 radical (unpaired) electrons. The van der Waals surface area contributed by atoms with Gasteiger partial charge in [0.15, 0.2) is 5.96 Å². The summed E-state index contributed by atoms with van der Waals surface area (Å²) in [5, 5.41) is 8.15. The van der Waals surface area contributed by atoms with Crippen molar-refractivity contribution < 1.29 is 8.42 Å². The van der Waals surface area contributed by atoms with Gasteiger partial charge in [-0.2, -0.15) is 0 Å². The quantitative estimate of drug-likeness (QED) is 0.356. The van der Waals surface area contributed by atoms with Gasteiger partial charge in [0.05, 0.1) is 6.54 Å². The molecule has 0 saturated carbocycles. The van der Waals surface area contributed by atoms with E-state index in [0.717, 1.165) is 34.7 Å². The molecule has 1 heterocycles. The average Bonchev–Trinajstić information content (AvgIpc) is 3.13. The van der Waals surface area contributed by atoms with E-state index >= 15 is 0 Å². The Balaban J connectivity index is 0.00000208. The summed E-state index contributed by atoms with van der Waals surface area (Å²) in [6, 6.07) is 9.40. The lowest BCUT2D eigenvalue weighted by atomic mass is 10.1. The first-order chi connectivity index (χ1) is 10.9. The third-order valence-corrected chi connectivity index (χ3v) is 6.20. The van der Waals surface area contributed by atoms with Crippen LogP contribution < -0.4 is 16.2 Å². The lowest BCUT2D eigenvalue weighted by Crippen LogP contribution is -2.22. The van der Waals surface area contributed by atoms with Crippen LogP contribution in [0.3, 0.4) is 0 Å². The molecule has 0 aliphatic heterocycles. The number of rotatable bonds is 4. The highest BCUT2D eigenvalue weighted by Gasteiger charge is 2.12. The van der Waals surface area contributed by atoms with E-state index in [1.54, 1.807) is 6.07 Å². The summed E-state index contributed by atoms with van der Waals surface area (Å²) in [7, 11) is -3.65. The number of benzene rings is 1. The number of nitrogens with one attached hydrogen (secondary N) is 1. The Hall–Kier alpha value is -1.17. The number of fused-ring (bicyclic) bond motifs is 1. The summed E-state index contributed by atoms with van der Waals surface area (Å²) in [5.41, 5.74) is 9.57. The van der Waals surface area contributed by atoms with Crippen LogP contribution >= 0.6 is 35.3 Å². The predicted molar refractivity (Wildman–Crippen MR) is 109 cm³/mol. The van der Waals surface area contributed by atoms with Crippen molar-refractivity contribution in [3.8, 4) is 0 Å². The van der Waals surface area contributed by atoms with Crippen LogP contribution in [0.25, 0.3) is 0 Å². The topological polar surface area (TPSA) is 111 Å². The van der Waals surface area contributed by atoms with Crippen LogP contribution in [0.1, 0.15) is 22.4 Å². The summed E-state index contributed by atoms with van der Waals surface area (Å²) >= 11 is 1.10. The largest absolute Gasteiger partial charge is 0.370 e. The molecule has 6 nitrogen and oxygen atoms in total. The van der Waals surface area contributed by atoms with Crippen molar-refractivity contribution >= 4 is 57.0 Å². The summed E-state index contributed by atoms with van der Waals surface area (Å²) in [5.74, 6) is 0.300. The second-order valence-corrected chi connectivity index (χ2v) is 8.39. The number of nitrogens with zero attached hydrogens (tertiary/aromatic N) is 1. The number of aryl methyl sites for hydroxylation is 2. The predicted octanol–water partition coefficient (Wildman–Crippen LogP) is 2.43.